The highest BCUT2D eigenvalue weighted by atomic mass is 16.5. The molecule has 2 fully saturated rings. The van der Waals surface area contributed by atoms with Gasteiger partial charge in [-0.15, -0.1) is 0 Å². The van der Waals surface area contributed by atoms with Gasteiger partial charge in [0.1, 0.15) is 0 Å². The molecule has 7 nitrogen and oxygen atoms in total. The first-order chi connectivity index (χ1) is 12.2. The van der Waals surface area contributed by atoms with Crippen LogP contribution in [0.2, 0.25) is 0 Å². The lowest BCUT2D eigenvalue weighted by Gasteiger charge is -2.32. The van der Waals surface area contributed by atoms with Crippen LogP contribution in [0.4, 0.5) is 16.2 Å². The number of benzene rings is 1. The molecule has 7 heteroatoms. The number of morpholine rings is 1. The van der Waals surface area contributed by atoms with Crippen LogP contribution in [0.5, 0.6) is 0 Å². The second kappa shape index (κ2) is 7.01. The van der Waals surface area contributed by atoms with Crippen LogP contribution in [-0.4, -0.2) is 67.2 Å². The van der Waals surface area contributed by atoms with E-state index in [0.717, 1.165) is 69.2 Å². The average Bonchev–Trinajstić information content (AvgIpc) is 3.12. The van der Waals surface area contributed by atoms with E-state index >= 15 is 0 Å². The fraction of sp³-hybridized carbons (Fsp3) is 0.556. The molecule has 25 heavy (non-hydrogen) atoms. The zero-order valence-electron chi connectivity index (χ0n) is 14.3. The van der Waals surface area contributed by atoms with Crippen LogP contribution < -0.4 is 10.6 Å². The molecule has 3 heterocycles. The number of hydrogen-bond acceptors (Lipinski definition) is 4. The number of carbonyl (C=O) groups is 2. The van der Waals surface area contributed by atoms with Crippen LogP contribution in [0, 0.1) is 0 Å². The zero-order chi connectivity index (χ0) is 17.2. The molecule has 4 rings (SSSR count). The Bertz CT molecular complexity index is 672. The van der Waals surface area contributed by atoms with Gasteiger partial charge in [-0.3, -0.25) is 9.69 Å². The monoisotopic (exact) mass is 344 g/mol. The Morgan fingerprint density at radius 3 is 2.88 bits per heavy atom. The first-order valence-corrected chi connectivity index (χ1v) is 8.99. The molecule has 0 aromatic heterocycles. The number of aryl methyl sites for hydroxylation is 1. The first-order valence-electron chi connectivity index (χ1n) is 8.99. The molecular weight excluding hydrogens is 320 g/mol. The lowest BCUT2D eigenvalue weighted by Crippen LogP contribution is -2.45. The summed E-state index contributed by atoms with van der Waals surface area (Å²) in [6, 6.07) is 6.09. The van der Waals surface area contributed by atoms with Gasteiger partial charge in [0.15, 0.2) is 0 Å². The molecule has 0 spiro atoms. The van der Waals surface area contributed by atoms with Crippen molar-refractivity contribution in [1.29, 1.82) is 0 Å². The third kappa shape index (κ3) is 3.62. The van der Waals surface area contributed by atoms with Crippen molar-refractivity contribution in [2.45, 2.75) is 25.3 Å². The maximum atomic E-state index is 12.6. The standard InChI is InChI=1S/C18H24N4O3/c23-17-4-2-13-1-3-14(11-16(13)20-17)19-18(24)22-6-5-15(12-22)21-7-9-25-10-8-21/h1,3,11,15H,2,4-10,12H2,(H,19,24)(H,20,23). The van der Waals surface area contributed by atoms with Crippen molar-refractivity contribution in [1.82, 2.24) is 9.80 Å². The highest BCUT2D eigenvalue weighted by Crippen LogP contribution is 2.26. The van der Waals surface area contributed by atoms with E-state index in [4.69, 9.17) is 4.74 Å². The Balaban J connectivity index is 1.36. The van der Waals surface area contributed by atoms with Gasteiger partial charge in [0, 0.05) is 50.0 Å². The summed E-state index contributed by atoms with van der Waals surface area (Å²) in [5.41, 5.74) is 2.65. The smallest absolute Gasteiger partial charge is 0.321 e. The fourth-order valence-corrected chi connectivity index (χ4v) is 3.82. The number of amides is 3. The predicted octanol–water partition coefficient (Wildman–Crippen LogP) is 1.51. The normalized spacial score (nSPS) is 23.9. The third-order valence-electron chi connectivity index (χ3n) is 5.27. The van der Waals surface area contributed by atoms with Gasteiger partial charge in [-0.1, -0.05) is 6.07 Å². The van der Waals surface area contributed by atoms with Gasteiger partial charge in [-0.05, 0) is 30.5 Å². The Labute approximate surface area is 147 Å². The molecule has 0 bridgehead atoms. The number of ether oxygens (including phenoxy) is 1. The van der Waals surface area contributed by atoms with Crippen LogP contribution in [0.25, 0.3) is 0 Å². The van der Waals surface area contributed by atoms with E-state index in [-0.39, 0.29) is 11.9 Å². The van der Waals surface area contributed by atoms with E-state index in [0.29, 0.717) is 12.5 Å². The summed E-state index contributed by atoms with van der Waals surface area (Å²) in [5.74, 6) is 0.0314. The Morgan fingerprint density at radius 1 is 1.20 bits per heavy atom. The highest BCUT2D eigenvalue weighted by Gasteiger charge is 2.31. The van der Waals surface area contributed by atoms with Crippen LogP contribution >= 0.6 is 0 Å². The number of hydrogen-bond donors (Lipinski definition) is 2. The molecule has 1 unspecified atom stereocenters. The van der Waals surface area contributed by atoms with E-state index in [2.05, 4.69) is 15.5 Å². The van der Waals surface area contributed by atoms with Crippen molar-refractivity contribution in [3.05, 3.63) is 23.8 Å². The Hall–Kier alpha value is -2.12. The number of anilines is 2. The fourth-order valence-electron chi connectivity index (χ4n) is 3.82. The van der Waals surface area contributed by atoms with Gasteiger partial charge in [-0.25, -0.2) is 4.79 Å². The molecule has 3 aliphatic heterocycles. The van der Waals surface area contributed by atoms with Crippen molar-refractivity contribution in [2.75, 3.05) is 50.0 Å². The number of urea groups is 1. The van der Waals surface area contributed by atoms with Gasteiger partial charge >= 0.3 is 6.03 Å². The van der Waals surface area contributed by atoms with Crippen LogP contribution in [0.3, 0.4) is 0 Å². The molecule has 0 radical (unpaired) electrons. The zero-order valence-corrected chi connectivity index (χ0v) is 14.3. The molecule has 3 amide bonds. The largest absolute Gasteiger partial charge is 0.379 e. The Morgan fingerprint density at radius 2 is 2.04 bits per heavy atom. The van der Waals surface area contributed by atoms with Crippen molar-refractivity contribution in [3.63, 3.8) is 0 Å². The summed E-state index contributed by atoms with van der Waals surface area (Å²) in [7, 11) is 0. The second-order valence-electron chi connectivity index (χ2n) is 6.89. The number of nitrogens with zero attached hydrogens (tertiary/aromatic N) is 2. The van der Waals surface area contributed by atoms with E-state index in [1.54, 1.807) is 0 Å². The molecule has 3 aliphatic rings. The summed E-state index contributed by atoms with van der Waals surface area (Å²) in [6.07, 6.45) is 2.28. The van der Waals surface area contributed by atoms with Gasteiger partial charge in [0.05, 0.1) is 13.2 Å². The number of fused-ring (bicyclic) bond motifs is 1. The van der Waals surface area contributed by atoms with Crippen molar-refractivity contribution < 1.29 is 14.3 Å². The van der Waals surface area contributed by atoms with Crippen LogP contribution in [0.1, 0.15) is 18.4 Å². The van der Waals surface area contributed by atoms with Gasteiger partial charge in [-0.2, -0.15) is 0 Å². The van der Waals surface area contributed by atoms with Crippen molar-refractivity contribution in [3.8, 4) is 0 Å². The molecule has 134 valence electrons. The molecule has 0 aliphatic carbocycles. The van der Waals surface area contributed by atoms with E-state index in [9.17, 15) is 9.59 Å². The van der Waals surface area contributed by atoms with Crippen LogP contribution in [0.15, 0.2) is 18.2 Å². The number of carbonyl (C=O) groups excluding carboxylic acids is 2. The number of nitrogens with one attached hydrogen (secondary N) is 2. The second-order valence-corrected chi connectivity index (χ2v) is 6.89. The van der Waals surface area contributed by atoms with Crippen molar-refractivity contribution in [2.24, 2.45) is 0 Å². The minimum absolute atomic E-state index is 0.0314. The Kier molecular flexibility index (Phi) is 4.59. The lowest BCUT2D eigenvalue weighted by atomic mass is 10.0. The van der Waals surface area contributed by atoms with Gasteiger partial charge < -0.3 is 20.3 Å². The first kappa shape index (κ1) is 16.4. The summed E-state index contributed by atoms with van der Waals surface area (Å²) in [4.78, 5) is 28.4. The summed E-state index contributed by atoms with van der Waals surface area (Å²) in [5, 5.41) is 5.84. The van der Waals surface area contributed by atoms with E-state index in [1.807, 2.05) is 23.1 Å². The molecule has 2 N–H and O–H groups in total. The number of likely N-dealkylation sites (tertiary alicyclic amines) is 1. The summed E-state index contributed by atoms with van der Waals surface area (Å²) >= 11 is 0. The predicted molar refractivity (Wildman–Crippen MR) is 94.8 cm³/mol. The summed E-state index contributed by atoms with van der Waals surface area (Å²) < 4.78 is 5.40. The minimum Gasteiger partial charge on any atom is -0.379 e. The highest BCUT2D eigenvalue weighted by molar-refractivity contribution is 5.96. The van der Waals surface area contributed by atoms with Crippen LogP contribution in [-0.2, 0) is 16.0 Å². The maximum absolute atomic E-state index is 12.6. The SMILES string of the molecule is O=C1CCc2ccc(NC(=O)N3CCC(N4CCOCC4)C3)cc2N1. The molecular formula is C18H24N4O3. The van der Waals surface area contributed by atoms with E-state index < -0.39 is 0 Å². The average molecular weight is 344 g/mol. The molecule has 1 atom stereocenters. The number of rotatable bonds is 2. The lowest BCUT2D eigenvalue weighted by molar-refractivity contribution is -0.116. The molecule has 1 aromatic carbocycles. The topological polar surface area (TPSA) is 73.9 Å². The quantitative estimate of drug-likeness (QED) is 0.853. The van der Waals surface area contributed by atoms with Gasteiger partial charge in [0.25, 0.3) is 0 Å². The maximum Gasteiger partial charge on any atom is 0.321 e. The van der Waals surface area contributed by atoms with Gasteiger partial charge in [0.2, 0.25) is 5.91 Å². The van der Waals surface area contributed by atoms with E-state index in [1.165, 1.54) is 0 Å². The third-order valence-corrected chi connectivity index (χ3v) is 5.27. The summed E-state index contributed by atoms with van der Waals surface area (Å²) in [6.45, 7) is 4.99. The molecule has 0 saturated carbocycles. The minimum atomic E-state index is -0.0714. The molecule has 1 aromatic rings. The molecule has 2 saturated heterocycles. The van der Waals surface area contributed by atoms with Crippen molar-refractivity contribution >= 4 is 23.3 Å².